The van der Waals surface area contributed by atoms with Gasteiger partial charge in [-0.15, -0.1) is 0 Å². The lowest BCUT2D eigenvalue weighted by atomic mass is 9.98. The number of carbonyl (C=O) groups is 1. The molecule has 0 aliphatic heterocycles. The van der Waals surface area contributed by atoms with Crippen molar-refractivity contribution in [2.75, 3.05) is 0 Å². The van der Waals surface area contributed by atoms with Crippen molar-refractivity contribution in [3.63, 3.8) is 0 Å². The maximum absolute atomic E-state index is 12.1. The first kappa shape index (κ1) is 14.0. The third kappa shape index (κ3) is 3.77. The Morgan fingerprint density at radius 3 is 2.42 bits per heavy atom. The monoisotopic (exact) mass is 316 g/mol. The van der Waals surface area contributed by atoms with Crippen molar-refractivity contribution in [3.8, 4) is 0 Å². The molecule has 0 aliphatic rings. The van der Waals surface area contributed by atoms with Gasteiger partial charge >= 0.3 is 0 Å². The number of rotatable bonds is 4. The number of halogens is 1. The topological polar surface area (TPSA) is 17.1 Å². The zero-order valence-electron chi connectivity index (χ0n) is 11.2. The number of benzene rings is 2. The SMILES string of the molecule is Cc1ccc(C)c(CCC(=O)c2ccc(Br)cc2)c1. The highest BCUT2D eigenvalue weighted by molar-refractivity contribution is 9.10. The van der Waals surface area contributed by atoms with Gasteiger partial charge in [0.2, 0.25) is 0 Å². The molecule has 0 bridgehead atoms. The minimum Gasteiger partial charge on any atom is -0.294 e. The third-order valence-corrected chi connectivity index (χ3v) is 3.82. The molecule has 0 fully saturated rings. The Hall–Kier alpha value is -1.41. The van der Waals surface area contributed by atoms with E-state index in [0.717, 1.165) is 16.5 Å². The lowest BCUT2D eigenvalue weighted by molar-refractivity contribution is 0.0983. The van der Waals surface area contributed by atoms with Crippen LogP contribution in [0.3, 0.4) is 0 Å². The Bertz CT molecular complexity index is 585. The smallest absolute Gasteiger partial charge is 0.163 e. The molecule has 0 aromatic heterocycles. The van der Waals surface area contributed by atoms with E-state index in [1.54, 1.807) is 0 Å². The van der Waals surface area contributed by atoms with Crippen LogP contribution >= 0.6 is 15.9 Å². The van der Waals surface area contributed by atoms with Crippen LogP contribution in [0.25, 0.3) is 0 Å². The highest BCUT2D eigenvalue weighted by atomic mass is 79.9. The summed E-state index contributed by atoms with van der Waals surface area (Å²) in [6.07, 6.45) is 1.37. The molecule has 0 radical (unpaired) electrons. The molecule has 2 aromatic rings. The molecule has 0 amide bonds. The molecule has 2 rings (SSSR count). The molecule has 0 atom stereocenters. The van der Waals surface area contributed by atoms with Gasteiger partial charge in [-0.2, -0.15) is 0 Å². The highest BCUT2D eigenvalue weighted by Gasteiger charge is 2.07. The zero-order valence-corrected chi connectivity index (χ0v) is 12.8. The first-order valence-electron chi connectivity index (χ1n) is 6.41. The summed E-state index contributed by atoms with van der Waals surface area (Å²) in [5.41, 5.74) is 4.56. The Morgan fingerprint density at radius 1 is 1.05 bits per heavy atom. The second-order valence-corrected chi connectivity index (χ2v) is 5.78. The van der Waals surface area contributed by atoms with Crippen LogP contribution < -0.4 is 0 Å². The molecule has 2 aromatic carbocycles. The summed E-state index contributed by atoms with van der Waals surface area (Å²) >= 11 is 3.38. The fraction of sp³-hybridized carbons (Fsp3) is 0.235. The van der Waals surface area contributed by atoms with Crippen LogP contribution in [0.1, 0.15) is 33.5 Å². The van der Waals surface area contributed by atoms with E-state index in [1.165, 1.54) is 16.7 Å². The van der Waals surface area contributed by atoms with Gasteiger partial charge in [0.05, 0.1) is 0 Å². The van der Waals surface area contributed by atoms with Crippen molar-refractivity contribution in [2.24, 2.45) is 0 Å². The van der Waals surface area contributed by atoms with E-state index >= 15 is 0 Å². The molecule has 0 saturated heterocycles. The third-order valence-electron chi connectivity index (χ3n) is 3.29. The predicted octanol–water partition coefficient (Wildman–Crippen LogP) is 4.88. The average Bonchev–Trinajstić information content (AvgIpc) is 2.40. The summed E-state index contributed by atoms with van der Waals surface area (Å²) < 4.78 is 0.999. The van der Waals surface area contributed by atoms with Gasteiger partial charge in [-0.25, -0.2) is 0 Å². The molecule has 0 heterocycles. The van der Waals surface area contributed by atoms with Gasteiger partial charge in [0.25, 0.3) is 0 Å². The Labute approximate surface area is 122 Å². The number of hydrogen-bond acceptors (Lipinski definition) is 1. The van der Waals surface area contributed by atoms with Gasteiger partial charge in [0.15, 0.2) is 5.78 Å². The minimum atomic E-state index is 0.202. The molecule has 1 nitrogen and oxygen atoms in total. The van der Waals surface area contributed by atoms with Gasteiger partial charge in [0, 0.05) is 16.5 Å². The molecular formula is C17H17BrO. The molecule has 0 spiro atoms. The quantitative estimate of drug-likeness (QED) is 0.734. The van der Waals surface area contributed by atoms with Crippen LogP contribution in [0.15, 0.2) is 46.9 Å². The largest absolute Gasteiger partial charge is 0.294 e. The molecule has 0 saturated carbocycles. The van der Waals surface area contributed by atoms with Crippen molar-refractivity contribution in [1.29, 1.82) is 0 Å². The number of carbonyl (C=O) groups excluding carboxylic acids is 1. The maximum atomic E-state index is 12.1. The Morgan fingerprint density at radius 2 is 1.74 bits per heavy atom. The molecule has 0 aliphatic carbocycles. The number of Topliss-reactive ketones (excluding diaryl/α,β-unsaturated/α-hetero) is 1. The van der Waals surface area contributed by atoms with Crippen LogP contribution in [0.2, 0.25) is 0 Å². The summed E-state index contributed by atoms with van der Waals surface area (Å²) in [5.74, 6) is 0.202. The fourth-order valence-electron chi connectivity index (χ4n) is 2.10. The van der Waals surface area contributed by atoms with Crippen molar-refractivity contribution < 1.29 is 4.79 Å². The molecule has 0 N–H and O–H groups in total. The number of ketones is 1. The molecule has 0 unspecified atom stereocenters. The van der Waals surface area contributed by atoms with Crippen LogP contribution in [0.5, 0.6) is 0 Å². The highest BCUT2D eigenvalue weighted by Crippen LogP contribution is 2.16. The normalized spacial score (nSPS) is 10.5. The maximum Gasteiger partial charge on any atom is 0.163 e. The van der Waals surface area contributed by atoms with E-state index in [9.17, 15) is 4.79 Å². The summed E-state index contributed by atoms with van der Waals surface area (Å²) in [6, 6.07) is 14.0. The lowest BCUT2D eigenvalue weighted by Gasteiger charge is -2.07. The van der Waals surface area contributed by atoms with Gasteiger partial charge in [0.1, 0.15) is 0 Å². The van der Waals surface area contributed by atoms with Crippen molar-refractivity contribution >= 4 is 21.7 Å². The minimum absolute atomic E-state index is 0.202. The second-order valence-electron chi connectivity index (χ2n) is 4.86. The first-order chi connectivity index (χ1) is 9.06. The molecule has 98 valence electrons. The summed E-state index contributed by atoms with van der Waals surface area (Å²) in [7, 11) is 0. The summed E-state index contributed by atoms with van der Waals surface area (Å²) in [6.45, 7) is 4.18. The first-order valence-corrected chi connectivity index (χ1v) is 7.20. The van der Waals surface area contributed by atoms with Gasteiger partial charge in [-0.05, 0) is 43.5 Å². The van der Waals surface area contributed by atoms with Crippen LogP contribution in [-0.4, -0.2) is 5.78 Å². The molecule has 2 heteroatoms. The van der Waals surface area contributed by atoms with E-state index in [2.05, 4.69) is 48.0 Å². The van der Waals surface area contributed by atoms with E-state index in [0.29, 0.717) is 6.42 Å². The van der Waals surface area contributed by atoms with Crippen LogP contribution in [-0.2, 0) is 6.42 Å². The van der Waals surface area contributed by atoms with Crippen LogP contribution in [0.4, 0.5) is 0 Å². The van der Waals surface area contributed by atoms with Crippen LogP contribution in [0, 0.1) is 13.8 Å². The van der Waals surface area contributed by atoms with Crippen molar-refractivity contribution in [2.45, 2.75) is 26.7 Å². The van der Waals surface area contributed by atoms with E-state index in [4.69, 9.17) is 0 Å². The zero-order chi connectivity index (χ0) is 13.8. The van der Waals surface area contributed by atoms with Crippen molar-refractivity contribution in [3.05, 3.63) is 69.2 Å². The molecule has 19 heavy (non-hydrogen) atoms. The van der Waals surface area contributed by atoms with Gasteiger partial charge in [-0.3, -0.25) is 4.79 Å². The number of aryl methyl sites for hydroxylation is 3. The van der Waals surface area contributed by atoms with Crippen molar-refractivity contribution in [1.82, 2.24) is 0 Å². The fourth-order valence-corrected chi connectivity index (χ4v) is 2.36. The standard InChI is InChI=1S/C17H17BrO/c1-12-3-4-13(2)15(11-12)7-10-17(19)14-5-8-16(18)9-6-14/h3-6,8-9,11H,7,10H2,1-2H3. The molecular weight excluding hydrogens is 300 g/mol. The Kier molecular flexibility index (Phi) is 4.54. The van der Waals surface area contributed by atoms with E-state index in [-0.39, 0.29) is 5.78 Å². The number of hydrogen-bond donors (Lipinski definition) is 0. The summed E-state index contributed by atoms with van der Waals surface area (Å²) in [5, 5.41) is 0. The van der Waals surface area contributed by atoms with Gasteiger partial charge in [-0.1, -0.05) is 51.8 Å². The second kappa shape index (κ2) is 6.16. The van der Waals surface area contributed by atoms with Gasteiger partial charge < -0.3 is 0 Å². The summed E-state index contributed by atoms with van der Waals surface area (Å²) in [4.78, 5) is 12.1. The lowest BCUT2D eigenvalue weighted by Crippen LogP contribution is -2.02. The van der Waals surface area contributed by atoms with E-state index in [1.807, 2.05) is 24.3 Å². The van der Waals surface area contributed by atoms with E-state index < -0.39 is 0 Å². The predicted molar refractivity (Wildman–Crippen MR) is 82.7 cm³/mol. The average molecular weight is 317 g/mol. The Balaban J connectivity index is 2.04.